The van der Waals surface area contributed by atoms with Gasteiger partial charge in [0.05, 0.1) is 27.0 Å². The highest BCUT2D eigenvalue weighted by molar-refractivity contribution is 6.10. The number of anilines is 1. The molecule has 7 heteroatoms. The van der Waals surface area contributed by atoms with Gasteiger partial charge in [-0.05, 0) is 35.4 Å². The Hall–Kier alpha value is -3.71. The first kappa shape index (κ1) is 17.6. The third-order valence-electron chi connectivity index (χ3n) is 3.37. The van der Waals surface area contributed by atoms with E-state index in [0.29, 0.717) is 22.9 Å². The number of hydrazone groups is 1. The fraction of sp³-hybridized carbons (Fsp3) is 0.167. The van der Waals surface area contributed by atoms with E-state index in [1.807, 2.05) is 30.3 Å². The van der Waals surface area contributed by atoms with Crippen molar-refractivity contribution in [1.82, 2.24) is 0 Å². The molecule has 0 spiro atoms. The number of ether oxygens (including phenoxy) is 3. The van der Waals surface area contributed by atoms with Crippen molar-refractivity contribution >= 4 is 11.4 Å². The van der Waals surface area contributed by atoms with Crippen LogP contribution in [0.3, 0.4) is 0 Å². The van der Waals surface area contributed by atoms with Crippen LogP contribution in [0.15, 0.2) is 41.5 Å². The lowest BCUT2D eigenvalue weighted by molar-refractivity contribution is 0.324. The van der Waals surface area contributed by atoms with E-state index in [0.717, 1.165) is 11.1 Å². The van der Waals surface area contributed by atoms with Gasteiger partial charge in [0.2, 0.25) is 11.5 Å². The fourth-order valence-corrected chi connectivity index (χ4v) is 2.21. The van der Waals surface area contributed by atoms with E-state index < -0.39 is 0 Å². The molecule has 0 aromatic heterocycles. The Morgan fingerprint density at radius 3 is 2.08 bits per heavy atom. The lowest BCUT2D eigenvalue weighted by Gasteiger charge is -2.14. The number of rotatable bonds is 6. The van der Waals surface area contributed by atoms with Crippen LogP contribution in [0.25, 0.3) is 11.1 Å². The molecule has 2 aromatic carbocycles. The molecule has 0 saturated heterocycles. The average molecular weight is 336 g/mol. The Labute approximate surface area is 145 Å². The topological polar surface area (TPSA) is 99.7 Å². The van der Waals surface area contributed by atoms with Crippen LogP contribution in [0.4, 0.5) is 5.69 Å². The van der Waals surface area contributed by atoms with Crippen LogP contribution < -0.4 is 19.6 Å². The number of nitriles is 2. The minimum atomic E-state index is -0.252. The third kappa shape index (κ3) is 3.98. The lowest BCUT2D eigenvalue weighted by Crippen LogP contribution is -1.97. The molecular weight excluding hydrogens is 320 g/mol. The number of benzene rings is 2. The molecule has 7 nitrogen and oxygen atoms in total. The first-order valence-electron chi connectivity index (χ1n) is 7.21. The van der Waals surface area contributed by atoms with Gasteiger partial charge >= 0.3 is 0 Å². The molecule has 0 radical (unpaired) electrons. The second kappa shape index (κ2) is 8.23. The molecule has 0 aliphatic carbocycles. The minimum Gasteiger partial charge on any atom is -0.493 e. The highest BCUT2D eigenvalue weighted by Crippen LogP contribution is 2.41. The third-order valence-corrected chi connectivity index (χ3v) is 3.37. The first-order valence-corrected chi connectivity index (χ1v) is 7.21. The van der Waals surface area contributed by atoms with E-state index in [1.54, 1.807) is 39.5 Å². The van der Waals surface area contributed by atoms with Crippen molar-refractivity contribution in [2.45, 2.75) is 0 Å². The molecule has 0 heterocycles. The van der Waals surface area contributed by atoms with E-state index in [1.165, 1.54) is 0 Å². The number of hydrogen-bond donors (Lipinski definition) is 1. The number of methoxy groups -OCH3 is 3. The van der Waals surface area contributed by atoms with Crippen LogP contribution in [0.5, 0.6) is 17.2 Å². The summed E-state index contributed by atoms with van der Waals surface area (Å²) in [4.78, 5) is 0. The van der Waals surface area contributed by atoms with Crippen molar-refractivity contribution in [2.24, 2.45) is 5.10 Å². The van der Waals surface area contributed by atoms with Crippen LogP contribution in [0.2, 0.25) is 0 Å². The summed E-state index contributed by atoms with van der Waals surface area (Å²) >= 11 is 0. The Morgan fingerprint density at radius 2 is 1.56 bits per heavy atom. The highest BCUT2D eigenvalue weighted by Gasteiger charge is 2.14. The minimum absolute atomic E-state index is 0.252. The van der Waals surface area contributed by atoms with E-state index in [9.17, 15) is 0 Å². The normalized spacial score (nSPS) is 9.32. The summed E-state index contributed by atoms with van der Waals surface area (Å²) in [7, 11) is 4.66. The maximum atomic E-state index is 8.72. The van der Waals surface area contributed by atoms with Gasteiger partial charge in [-0.1, -0.05) is 12.1 Å². The van der Waals surface area contributed by atoms with Gasteiger partial charge in [-0.2, -0.15) is 15.6 Å². The maximum Gasteiger partial charge on any atom is 0.237 e. The zero-order chi connectivity index (χ0) is 18.2. The quantitative estimate of drug-likeness (QED) is 0.642. The molecule has 1 N–H and O–H groups in total. The van der Waals surface area contributed by atoms with E-state index in [-0.39, 0.29) is 5.71 Å². The van der Waals surface area contributed by atoms with Gasteiger partial charge < -0.3 is 14.2 Å². The molecule has 126 valence electrons. The molecule has 0 unspecified atom stereocenters. The molecule has 0 atom stereocenters. The highest BCUT2D eigenvalue weighted by atomic mass is 16.5. The zero-order valence-electron chi connectivity index (χ0n) is 14.0. The second-order valence-corrected chi connectivity index (χ2v) is 4.79. The van der Waals surface area contributed by atoms with E-state index >= 15 is 0 Å². The Kier molecular flexibility index (Phi) is 5.81. The summed E-state index contributed by atoms with van der Waals surface area (Å²) in [5.41, 5.74) is 4.79. The van der Waals surface area contributed by atoms with Gasteiger partial charge in [0.15, 0.2) is 11.5 Å². The molecule has 0 saturated carbocycles. The molecule has 0 aliphatic heterocycles. The number of hydrogen-bond acceptors (Lipinski definition) is 7. The second-order valence-electron chi connectivity index (χ2n) is 4.79. The average Bonchev–Trinajstić information content (AvgIpc) is 2.67. The van der Waals surface area contributed by atoms with E-state index in [2.05, 4.69) is 10.5 Å². The van der Waals surface area contributed by atoms with Crippen LogP contribution in [0.1, 0.15) is 0 Å². The fourth-order valence-electron chi connectivity index (χ4n) is 2.21. The predicted octanol–water partition coefficient (Wildman–Crippen LogP) is 3.19. The molecular formula is C18H16N4O3. The standard InChI is InChI=1S/C18H16N4O3/c1-23-16-8-13(9-17(24-2)18(16)25-3)12-5-4-6-14(7-12)21-22-15(10-19)11-20/h4-9,21H,1-3H3. The van der Waals surface area contributed by atoms with Crippen LogP contribution >= 0.6 is 0 Å². The van der Waals surface area contributed by atoms with Crippen molar-refractivity contribution in [1.29, 1.82) is 10.5 Å². The van der Waals surface area contributed by atoms with Crippen LogP contribution in [-0.2, 0) is 0 Å². The Morgan fingerprint density at radius 1 is 0.920 bits per heavy atom. The van der Waals surface area contributed by atoms with Gasteiger partial charge in [-0.25, -0.2) is 0 Å². The van der Waals surface area contributed by atoms with Crippen LogP contribution in [0, 0.1) is 22.7 Å². The molecule has 2 aromatic rings. The summed E-state index contributed by atoms with van der Waals surface area (Å²) in [5.74, 6) is 1.61. The van der Waals surface area contributed by atoms with E-state index in [4.69, 9.17) is 24.7 Å². The monoisotopic (exact) mass is 336 g/mol. The molecule has 0 bridgehead atoms. The summed E-state index contributed by atoms with van der Waals surface area (Å²) < 4.78 is 16.1. The van der Waals surface area contributed by atoms with Crippen molar-refractivity contribution in [3.8, 4) is 40.5 Å². The summed E-state index contributed by atoms with van der Waals surface area (Å²) in [6.45, 7) is 0. The van der Waals surface area contributed by atoms with Crippen molar-refractivity contribution in [3.05, 3.63) is 36.4 Å². The van der Waals surface area contributed by atoms with Crippen LogP contribution in [-0.4, -0.2) is 27.0 Å². The largest absolute Gasteiger partial charge is 0.493 e. The van der Waals surface area contributed by atoms with Gasteiger partial charge in [-0.15, -0.1) is 0 Å². The van der Waals surface area contributed by atoms with Crippen molar-refractivity contribution in [3.63, 3.8) is 0 Å². The smallest absolute Gasteiger partial charge is 0.237 e. The van der Waals surface area contributed by atoms with Crippen molar-refractivity contribution < 1.29 is 14.2 Å². The number of nitrogens with zero attached hydrogens (tertiary/aromatic N) is 3. The first-order chi connectivity index (χ1) is 12.2. The SMILES string of the molecule is COc1cc(-c2cccc(NN=C(C#N)C#N)c2)cc(OC)c1OC. The molecule has 25 heavy (non-hydrogen) atoms. The molecule has 0 aliphatic rings. The zero-order valence-corrected chi connectivity index (χ0v) is 14.0. The van der Waals surface area contributed by atoms with Gasteiger partial charge in [0.25, 0.3) is 0 Å². The Balaban J connectivity index is 2.43. The maximum absolute atomic E-state index is 8.72. The summed E-state index contributed by atoms with van der Waals surface area (Å²) in [6.07, 6.45) is 0. The van der Waals surface area contributed by atoms with Gasteiger partial charge in [0, 0.05) is 0 Å². The predicted molar refractivity (Wildman–Crippen MR) is 93.8 cm³/mol. The van der Waals surface area contributed by atoms with Gasteiger partial charge in [0.1, 0.15) is 12.1 Å². The molecule has 2 rings (SSSR count). The Bertz CT molecular complexity index is 838. The van der Waals surface area contributed by atoms with Crippen molar-refractivity contribution in [2.75, 3.05) is 26.8 Å². The number of nitrogens with one attached hydrogen (secondary N) is 1. The molecule has 0 amide bonds. The molecule has 0 fully saturated rings. The lowest BCUT2D eigenvalue weighted by atomic mass is 10.0. The summed E-state index contributed by atoms with van der Waals surface area (Å²) in [5, 5.41) is 21.2. The van der Waals surface area contributed by atoms with Gasteiger partial charge in [-0.3, -0.25) is 5.43 Å². The summed E-state index contributed by atoms with van der Waals surface area (Å²) in [6, 6.07) is 14.4.